The summed E-state index contributed by atoms with van der Waals surface area (Å²) in [4.78, 5) is 38.2. The fraction of sp³-hybridized carbons (Fsp3) is 0.862. The number of unbranched alkanes of at least 4 members (excludes halogenated alkanes) is 41. The average Bonchev–Trinajstić information content (AvgIpc) is 3.37. The Labute approximate surface area is 442 Å². The summed E-state index contributed by atoms with van der Waals surface area (Å²) in [5.41, 5.74) is 0. The van der Waals surface area contributed by atoms with Gasteiger partial charge in [0.15, 0.2) is 6.10 Å². The second-order valence-electron chi connectivity index (χ2n) is 21.3. The lowest BCUT2D eigenvalue weighted by Crippen LogP contribution is -2.30. The van der Waals surface area contributed by atoms with E-state index in [-0.39, 0.29) is 31.1 Å². The van der Waals surface area contributed by atoms with E-state index in [1.165, 1.54) is 218 Å². The van der Waals surface area contributed by atoms with Gasteiger partial charge in [0.25, 0.3) is 0 Å². The van der Waals surface area contributed by atoms with Gasteiger partial charge < -0.3 is 14.2 Å². The Morgan fingerprint density at radius 3 is 0.859 bits per heavy atom. The van der Waals surface area contributed by atoms with Gasteiger partial charge in [0.2, 0.25) is 0 Å². The molecule has 0 aromatic rings. The molecule has 71 heavy (non-hydrogen) atoms. The number of hydrogen-bond acceptors (Lipinski definition) is 6. The molecule has 6 nitrogen and oxygen atoms in total. The van der Waals surface area contributed by atoms with E-state index >= 15 is 0 Å². The zero-order valence-corrected chi connectivity index (χ0v) is 47.8. The van der Waals surface area contributed by atoms with Crippen LogP contribution in [0.25, 0.3) is 0 Å². The molecular formula is C65H120O6. The van der Waals surface area contributed by atoms with E-state index in [9.17, 15) is 14.4 Å². The van der Waals surface area contributed by atoms with Crippen molar-refractivity contribution in [3.8, 4) is 0 Å². The van der Waals surface area contributed by atoms with Crippen LogP contribution >= 0.6 is 0 Å². The quantitative estimate of drug-likeness (QED) is 0.0261. The molecule has 0 spiro atoms. The molecule has 0 aliphatic heterocycles. The molecule has 0 N–H and O–H groups in total. The highest BCUT2D eigenvalue weighted by Gasteiger charge is 2.19. The smallest absolute Gasteiger partial charge is 0.306 e. The number of carbonyl (C=O) groups is 3. The van der Waals surface area contributed by atoms with Crippen molar-refractivity contribution in [3.05, 3.63) is 36.5 Å². The van der Waals surface area contributed by atoms with E-state index < -0.39 is 6.10 Å². The Morgan fingerprint density at radius 1 is 0.296 bits per heavy atom. The lowest BCUT2D eigenvalue weighted by atomic mass is 10.0. The average molecular weight is 998 g/mol. The Hall–Kier alpha value is -2.37. The normalized spacial score (nSPS) is 12.2. The Morgan fingerprint density at radius 2 is 0.549 bits per heavy atom. The highest BCUT2D eigenvalue weighted by Crippen LogP contribution is 2.18. The molecule has 0 bridgehead atoms. The standard InChI is InChI=1S/C65H120O6/c1-4-7-10-13-16-19-22-24-26-28-29-30-31-32-33-34-35-37-38-40-43-46-49-52-55-58-64(67)70-61-62(60-69-63(66)57-54-51-48-45-42-21-18-15-12-9-6-3)71-65(68)59-56-53-50-47-44-41-39-36-27-25-23-20-17-14-11-8-5-2/h8,11,17,20,25,27,62H,4-7,9-10,12-16,18-19,21-24,26,28-61H2,1-3H3/b11-8-,20-17-,27-25-. The largest absolute Gasteiger partial charge is 0.462 e. The van der Waals surface area contributed by atoms with Crippen LogP contribution in [0.4, 0.5) is 0 Å². The number of ether oxygens (including phenoxy) is 3. The summed E-state index contributed by atoms with van der Waals surface area (Å²) in [6.45, 7) is 6.57. The van der Waals surface area contributed by atoms with E-state index in [4.69, 9.17) is 14.2 Å². The van der Waals surface area contributed by atoms with Crippen LogP contribution in [-0.2, 0) is 28.6 Å². The van der Waals surface area contributed by atoms with E-state index in [0.29, 0.717) is 19.3 Å². The van der Waals surface area contributed by atoms with E-state index in [1.54, 1.807) is 0 Å². The number of carbonyl (C=O) groups excluding carboxylic acids is 3. The summed E-state index contributed by atoms with van der Waals surface area (Å²) in [7, 11) is 0. The van der Waals surface area contributed by atoms with Gasteiger partial charge in [-0.15, -0.1) is 0 Å². The molecule has 0 rings (SSSR count). The van der Waals surface area contributed by atoms with E-state index in [1.807, 2.05) is 0 Å². The monoisotopic (exact) mass is 997 g/mol. The first-order valence-corrected chi connectivity index (χ1v) is 31.5. The van der Waals surface area contributed by atoms with Crippen molar-refractivity contribution < 1.29 is 28.6 Å². The van der Waals surface area contributed by atoms with Crippen molar-refractivity contribution in [3.63, 3.8) is 0 Å². The molecule has 416 valence electrons. The van der Waals surface area contributed by atoms with Crippen LogP contribution in [-0.4, -0.2) is 37.2 Å². The molecule has 0 aliphatic rings. The third-order valence-electron chi connectivity index (χ3n) is 14.2. The summed E-state index contributed by atoms with van der Waals surface area (Å²) in [5, 5.41) is 0. The van der Waals surface area contributed by atoms with Crippen molar-refractivity contribution in [2.24, 2.45) is 0 Å². The van der Waals surface area contributed by atoms with Gasteiger partial charge in [0, 0.05) is 19.3 Å². The van der Waals surface area contributed by atoms with Gasteiger partial charge in [-0.1, -0.05) is 308 Å². The number of allylic oxidation sites excluding steroid dienone is 6. The minimum absolute atomic E-state index is 0.0712. The fourth-order valence-corrected chi connectivity index (χ4v) is 9.46. The topological polar surface area (TPSA) is 78.9 Å². The zero-order valence-electron chi connectivity index (χ0n) is 47.8. The van der Waals surface area contributed by atoms with E-state index in [2.05, 4.69) is 57.2 Å². The molecule has 0 saturated carbocycles. The molecule has 0 heterocycles. The van der Waals surface area contributed by atoms with Gasteiger partial charge in [0.05, 0.1) is 0 Å². The Balaban J connectivity index is 4.19. The lowest BCUT2D eigenvalue weighted by Gasteiger charge is -2.18. The predicted octanol–water partition coefficient (Wildman–Crippen LogP) is 21.2. The van der Waals surface area contributed by atoms with Gasteiger partial charge >= 0.3 is 17.9 Å². The molecule has 0 aromatic heterocycles. The van der Waals surface area contributed by atoms with Crippen molar-refractivity contribution in [1.29, 1.82) is 0 Å². The second kappa shape index (κ2) is 60.2. The molecule has 0 aliphatic carbocycles. The summed E-state index contributed by atoms with van der Waals surface area (Å²) in [6, 6.07) is 0. The molecule has 1 atom stereocenters. The van der Waals surface area contributed by atoms with Crippen molar-refractivity contribution in [1.82, 2.24) is 0 Å². The molecule has 1 unspecified atom stereocenters. The minimum Gasteiger partial charge on any atom is -0.462 e. The number of rotatable bonds is 58. The van der Waals surface area contributed by atoms with Crippen LogP contribution in [0.3, 0.4) is 0 Å². The third-order valence-corrected chi connectivity index (χ3v) is 14.2. The Kier molecular flexibility index (Phi) is 58.2. The van der Waals surface area contributed by atoms with Gasteiger partial charge in [0.1, 0.15) is 13.2 Å². The van der Waals surface area contributed by atoms with Crippen LogP contribution in [0.15, 0.2) is 36.5 Å². The first kappa shape index (κ1) is 68.6. The highest BCUT2D eigenvalue weighted by molar-refractivity contribution is 5.71. The summed E-state index contributed by atoms with van der Waals surface area (Å²) in [5.74, 6) is -0.860. The van der Waals surface area contributed by atoms with Gasteiger partial charge in [-0.2, -0.15) is 0 Å². The molecule has 0 fully saturated rings. The summed E-state index contributed by atoms with van der Waals surface area (Å²) < 4.78 is 16.9. The lowest BCUT2D eigenvalue weighted by molar-refractivity contribution is -0.167. The van der Waals surface area contributed by atoms with Crippen molar-refractivity contribution >= 4 is 17.9 Å². The zero-order chi connectivity index (χ0) is 51.4. The van der Waals surface area contributed by atoms with Gasteiger partial charge in [-0.3, -0.25) is 14.4 Å². The molecule has 6 heteroatoms. The third kappa shape index (κ3) is 58.4. The Bertz CT molecular complexity index is 1190. The highest BCUT2D eigenvalue weighted by atomic mass is 16.6. The summed E-state index contributed by atoms with van der Waals surface area (Å²) >= 11 is 0. The maximum Gasteiger partial charge on any atom is 0.306 e. The molecular weight excluding hydrogens is 877 g/mol. The van der Waals surface area contributed by atoms with Crippen LogP contribution < -0.4 is 0 Å². The van der Waals surface area contributed by atoms with Crippen molar-refractivity contribution in [2.75, 3.05) is 13.2 Å². The van der Waals surface area contributed by atoms with Gasteiger partial charge in [-0.25, -0.2) is 0 Å². The van der Waals surface area contributed by atoms with Crippen LogP contribution in [0.1, 0.15) is 342 Å². The maximum atomic E-state index is 12.9. The molecule has 0 radical (unpaired) electrons. The van der Waals surface area contributed by atoms with Gasteiger partial charge in [-0.05, 0) is 51.4 Å². The van der Waals surface area contributed by atoms with Crippen LogP contribution in [0, 0.1) is 0 Å². The van der Waals surface area contributed by atoms with Crippen LogP contribution in [0.2, 0.25) is 0 Å². The SMILES string of the molecule is CC/C=C\C/C=C\C/C=C\CCCCCCCCCC(=O)OC(COC(=O)CCCCCCCCCCCCC)COC(=O)CCCCCCCCCCCCCCCCCCCCCCCCCCC. The fourth-order valence-electron chi connectivity index (χ4n) is 9.46. The second-order valence-corrected chi connectivity index (χ2v) is 21.3. The first-order chi connectivity index (χ1) is 35.0. The van der Waals surface area contributed by atoms with Crippen molar-refractivity contribution in [2.45, 2.75) is 348 Å². The minimum atomic E-state index is -0.773. The summed E-state index contributed by atoms with van der Waals surface area (Å²) in [6.07, 6.45) is 73.0. The van der Waals surface area contributed by atoms with E-state index in [0.717, 1.165) is 83.5 Å². The predicted molar refractivity (Wildman–Crippen MR) is 307 cm³/mol. The molecule has 0 aromatic carbocycles. The first-order valence-electron chi connectivity index (χ1n) is 31.5. The maximum absolute atomic E-state index is 12.9. The number of hydrogen-bond donors (Lipinski definition) is 0. The molecule has 0 saturated heterocycles. The number of esters is 3. The molecule has 0 amide bonds. The van der Waals surface area contributed by atoms with Crippen LogP contribution in [0.5, 0.6) is 0 Å².